The summed E-state index contributed by atoms with van der Waals surface area (Å²) in [6, 6.07) is 6.09. The van der Waals surface area contributed by atoms with Crippen molar-refractivity contribution in [3.8, 4) is 0 Å². The molecule has 0 aliphatic carbocycles. The van der Waals surface area contributed by atoms with Crippen molar-refractivity contribution in [2.24, 2.45) is 5.73 Å². The van der Waals surface area contributed by atoms with E-state index in [-0.39, 0.29) is 5.91 Å². The van der Waals surface area contributed by atoms with Gasteiger partial charge in [-0.3, -0.25) is 4.79 Å². The lowest BCUT2D eigenvalue weighted by Crippen LogP contribution is -2.19. The predicted molar refractivity (Wildman–Crippen MR) is 96.9 cm³/mol. The molecule has 0 saturated heterocycles. The molecule has 9 nitrogen and oxygen atoms in total. The van der Waals surface area contributed by atoms with Crippen LogP contribution in [0.5, 0.6) is 0 Å². The second kappa shape index (κ2) is 7.18. The lowest BCUT2D eigenvalue weighted by Gasteiger charge is -2.11. The number of anilines is 2. The number of carbonyl (C=O) groups excluding carboxylic acids is 2. The summed E-state index contributed by atoms with van der Waals surface area (Å²) in [5, 5.41) is 9.44. The Morgan fingerprint density at radius 1 is 1.12 bits per heavy atom. The SMILES string of the molecule is Cc1nc2ncnn2c(C)c1CCC(=O)Nc1ccc(NC(N)=O)cc1. The second-order valence-corrected chi connectivity index (χ2v) is 5.85. The van der Waals surface area contributed by atoms with Crippen LogP contribution >= 0.6 is 0 Å². The number of carbonyl (C=O) groups is 2. The number of aryl methyl sites for hydroxylation is 2. The van der Waals surface area contributed by atoms with Gasteiger partial charge >= 0.3 is 6.03 Å². The molecule has 4 N–H and O–H groups in total. The molecule has 0 aliphatic heterocycles. The third-order valence-electron chi connectivity index (χ3n) is 4.03. The number of hydrogen-bond acceptors (Lipinski definition) is 5. The number of amides is 3. The van der Waals surface area contributed by atoms with Gasteiger partial charge in [0.2, 0.25) is 5.91 Å². The van der Waals surface area contributed by atoms with Gasteiger partial charge in [0.25, 0.3) is 5.78 Å². The van der Waals surface area contributed by atoms with Crippen molar-refractivity contribution >= 4 is 29.1 Å². The van der Waals surface area contributed by atoms with Crippen LogP contribution in [-0.4, -0.2) is 31.5 Å². The van der Waals surface area contributed by atoms with E-state index in [2.05, 4.69) is 25.7 Å². The van der Waals surface area contributed by atoms with Crippen LogP contribution in [0, 0.1) is 13.8 Å². The monoisotopic (exact) mass is 353 g/mol. The number of benzene rings is 1. The van der Waals surface area contributed by atoms with Crippen LogP contribution in [0.25, 0.3) is 5.78 Å². The summed E-state index contributed by atoms with van der Waals surface area (Å²) >= 11 is 0. The molecule has 3 rings (SSSR count). The smallest absolute Gasteiger partial charge is 0.316 e. The molecular formula is C17H19N7O2. The number of hydrogen-bond donors (Lipinski definition) is 3. The van der Waals surface area contributed by atoms with Crippen LogP contribution < -0.4 is 16.4 Å². The molecule has 1 aromatic carbocycles. The molecule has 0 bridgehead atoms. The van der Waals surface area contributed by atoms with Crippen molar-refractivity contribution in [3.05, 3.63) is 47.5 Å². The molecule has 0 fully saturated rings. The summed E-state index contributed by atoms with van der Waals surface area (Å²) in [7, 11) is 0. The first-order chi connectivity index (χ1) is 12.4. The molecule has 9 heteroatoms. The fourth-order valence-corrected chi connectivity index (χ4v) is 2.76. The highest BCUT2D eigenvalue weighted by Crippen LogP contribution is 2.17. The summed E-state index contributed by atoms with van der Waals surface area (Å²) in [4.78, 5) is 31.5. The van der Waals surface area contributed by atoms with Crippen LogP contribution in [0.4, 0.5) is 16.2 Å². The Bertz CT molecular complexity index is 963. The van der Waals surface area contributed by atoms with Crippen LogP contribution in [0.1, 0.15) is 23.4 Å². The Balaban J connectivity index is 1.63. The van der Waals surface area contributed by atoms with Gasteiger partial charge in [0.1, 0.15) is 6.33 Å². The van der Waals surface area contributed by atoms with Gasteiger partial charge in [-0.25, -0.2) is 14.3 Å². The number of rotatable bonds is 5. The predicted octanol–water partition coefficient (Wildman–Crippen LogP) is 1.80. The maximum Gasteiger partial charge on any atom is 0.316 e. The molecular weight excluding hydrogens is 334 g/mol. The average Bonchev–Trinajstić information content (AvgIpc) is 3.04. The highest BCUT2D eigenvalue weighted by molar-refractivity contribution is 5.92. The quantitative estimate of drug-likeness (QED) is 0.644. The van der Waals surface area contributed by atoms with Crippen molar-refractivity contribution in [2.45, 2.75) is 26.7 Å². The molecule has 134 valence electrons. The molecule has 0 aliphatic rings. The van der Waals surface area contributed by atoms with Gasteiger partial charge in [-0.1, -0.05) is 0 Å². The van der Waals surface area contributed by atoms with E-state index in [1.165, 1.54) is 6.33 Å². The normalized spacial score (nSPS) is 10.7. The fraction of sp³-hybridized carbons (Fsp3) is 0.235. The first kappa shape index (κ1) is 17.3. The van der Waals surface area contributed by atoms with Crippen LogP contribution in [0.2, 0.25) is 0 Å². The number of fused-ring (bicyclic) bond motifs is 1. The van der Waals surface area contributed by atoms with E-state index in [1.807, 2.05) is 13.8 Å². The third-order valence-corrected chi connectivity index (χ3v) is 4.03. The summed E-state index contributed by atoms with van der Waals surface area (Å²) in [6.07, 6.45) is 2.32. The minimum absolute atomic E-state index is 0.113. The molecule has 2 aromatic heterocycles. The number of nitrogens with zero attached hydrogens (tertiary/aromatic N) is 4. The van der Waals surface area contributed by atoms with Gasteiger partial charge in [0.05, 0.1) is 0 Å². The molecule has 0 spiro atoms. The summed E-state index contributed by atoms with van der Waals surface area (Å²) < 4.78 is 1.67. The van der Waals surface area contributed by atoms with E-state index in [1.54, 1.807) is 28.8 Å². The lowest BCUT2D eigenvalue weighted by molar-refractivity contribution is -0.116. The first-order valence-electron chi connectivity index (χ1n) is 8.06. The van der Waals surface area contributed by atoms with Gasteiger partial charge < -0.3 is 16.4 Å². The average molecular weight is 353 g/mol. The summed E-state index contributed by atoms with van der Waals surface area (Å²) in [5.41, 5.74) is 9.02. The summed E-state index contributed by atoms with van der Waals surface area (Å²) in [6.45, 7) is 3.84. The van der Waals surface area contributed by atoms with Gasteiger partial charge in [-0.15, -0.1) is 0 Å². The molecule has 0 saturated carbocycles. The Morgan fingerprint density at radius 3 is 2.42 bits per heavy atom. The number of urea groups is 1. The van der Waals surface area contributed by atoms with E-state index in [0.29, 0.717) is 30.0 Å². The third kappa shape index (κ3) is 3.77. The van der Waals surface area contributed by atoms with Crippen molar-refractivity contribution in [1.82, 2.24) is 19.6 Å². The van der Waals surface area contributed by atoms with E-state index < -0.39 is 6.03 Å². The fourth-order valence-electron chi connectivity index (χ4n) is 2.76. The zero-order chi connectivity index (χ0) is 18.7. The Morgan fingerprint density at radius 2 is 1.77 bits per heavy atom. The second-order valence-electron chi connectivity index (χ2n) is 5.85. The highest BCUT2D eigenvalue weighted by Gasteiger charge is 2.12. The van der Waals surface area contributed by atoms with Crippen LogP contribution in [0.15, 0.2) is 30.6 Å². The Labute approximate surface area is 149 Å². The first-order valence-corrected chi connectivity index (χ1v) is 8.06. The zero-order valence-electron chi connectivity index (χ0n) is 14.5. The van der Waals surface area contributed by atoms with Crippen LogP contribution in [0.3, 0.4) is 0 Å². The summed E-state index contributed by atoms with van der Waals surface area (Å²) in [5.74, 6) is 0.441. The Kier molecular flexibility index (Phi) is 4.78. The number of aromatic nitrogens is 4. The standard InChI is InChI=1S/C17H19N7O2/c1-10-14(11(2)24-17(21-10)19-9-20-24)7-8-15(25)22-12-3-5-13(6-4-12)23-16(18)26/h3-6,9H,7-8H2,1-2H3,(H,22,25)(H3,18,23,26). The maximum atomic E-state index is 12.2. The molecule has 0 radical (unpaired) electrons. The van der Waals surface area contributed by atoms with Crippen molar-refractivity contribution < 1.29 is 9.59 Å². The van der Waals surface area contributed by atoms with Crippen molar-refractivity contribution in [1.29, 1.82) is 0 Å². The van der Waals surface area contributed by atoms with Crippen LogP contribution in [-0.2, 0) is 11.2 Å². The van der Waals surface area contributed by atoms with Gasteiger partial charge in [0, 0.05) is 29.2 Å². The molecule has 3 amide bonds. The Hall–Kier alpha value is -3.49. The minimum atomic E-state index is -0.634. The van der Waals surface area contributed by atoms with Gasteiger partial charge in [0.15, 0.2) is 0 Å². The molecule has 26 heavy (non-hydrogen) atoms. The zero-order valence-corrected chi connectivity index (χ0v) is 14.5. The largest absolute Gasteiger partial charge is 0.351 e. The number of nitrogens with two attached hydrogens (primary N) is 1. The van der Waals surface area contributed by atoms with Crippen molar-refractivity contribution in [3.63, 3.8) is 0 Å². The van der Waals surface area contributed by atoms with E-state index in [9.17, 15) is 9.59 Å². The molecule has 0 unspecified atom stereocenters. The number of nitrogens with one attached hydrogen (secondary N) is 2. The lowest BCUT2D eigenvalue weighted by atomic mass is 10.1. The molecule has 3 aromatic rings. The van der Waals surface area contributed by atoms with Gasteiger partial charge in [-0.05, 0) is 50.1 Å². The van der Waals surface area contributed by atoms with Gasteiger partial charge in [-0.2, -0.15) is 10.1 Å². The highest BCUT2D eigenvalue weighted by atomic mass is 16.2. The number of primary amides is 1. The maximum absolute atomic E-state index is 12.2. The molecule has 0 atom stereocenters. The van der Waals surface area contributed by atoms with E-state index in [0.717, 1.165) is 17.0 Å². The minimum Gasteiger partial charge on any atom is -0.351 e. The van der Waals surface area contributed by atoms with Crippen molar-refractivity contribution in [2.75, 3.05) is 10.6 Å². The molecule has 2 heterocycles. The van der Waals surface area contributed by atoms with E-state index in [4.69, 9.17) is 5.73 Å². The van der Waals surface area contributed by atoms with E-state index >= 15 is 0 Å². The topological polar surface area (TPSA) is 127 Å².